The van der Waals surface area contributed by atoms with Gasteiger partial charge < -0.3 is 5.32 Å². The van der Waals surface area contributed by atoms with Crippen LogP contribution in [0, 0.1) is 20.8 Å². The van der Waals surface area contributed by atoms with E-state index in [9.17, 15) is 13.2 Å². The van der Waals surface area contributed by atoms with Crippen molar-refractivity contribution in [1.29, 1.82) is 0 Å². The Balaban J connectivity index is 1.54. The number of carbonyl (C=O) groups is 1. The van der Waals surface area contributed by atoms with E-state index >= 15 is 0 Å². The molecule has 0 fully saturated rings. The molecule has 172 valence electrons. The number of sulfonamides is 1. The monoisotopic (exact) mass is 462 g/mol. The third kappa shape index (κ3) is 4.96. The molecule has 1 aliphatic rings. The number of benzene rings is 3. The molecule has 0 saturated heterocycles. The third-order valence-electron chi connectivity index (χ3n) is 6.47. The molecule has 0 heterocycles. The van der Waals surface area contributed by atoms with Crippen LogP contribution in [0.4, 0.5) is 5.69 Å². The highest BCUT2D eigenvalue weighted by Gasteiger charge is 2.21. The van der Waals surface area contributed by atoms with Gasteiger partial charge in [-0.05, 0) is 105 Å². The van der Waals surface area contributed by atoms with E-state index in [-0.39, 0.29) is 16.8 Å². The molecule has 0 spiro atoms. The van der Waals surface area contributed by atoms with E-state index in [1.807, 2.05) is 26.8 Å². The van der Waals surface area contributed by atoms with E-state index in [0.717, 1.165) is 29.5 Å². The van der Waals surface area contributed by atoms with Gasteiger partial charge in [0.2, 0.25) is 0 Å². The molecule has 3 aromatic carbocycles. The summed E-state index contributed by atoms with van der Waals surface area (Å²) in [6, 6.07) is 16.4. The maximum atomic E-state index is 13.1. The van der Waals surface area contributed by atoms with E-state index in [4.69, 9.17) is 0 Å². The molecule has 0 unspecified atom stereocenters. The summed E-state index contributed by atoms with van der Waals surface area (Å²) in [5.74, 6) is -0.300. The van der Waals surface area contributed by atoms with E-state index in [1.54, 1.807) is 31.2 Å². The Morgan fingerprint density at radius 3 is 2.33 bits per heavy atom. The van der Waals surface area contributed by atoms with Crippen molar-refractivity contribution in [3.8, 4) is 0 Å². The summed E-state index contributed by atoms with van der Waals surface area (Å²) < 4.78 is 28.8. The molecule has 5 nitrogen and oxygen atoms in total. The molecular weight excluding hydrogens is 432 g/mol. The molecule has 4 rings (SSSR count). The zero-order valence-electron chi connectivity index (χ0n) is 19.5. The van der Waals surface area contributed by atoms with E-state index < -0.39 is 10.0 Å². The lowest BCUT2D eigenvalue weighted by molar-refractivity contribution is 0.0939. The Hall–Kier alpha value is -3.12. The zero-order chi connectivity index (χ0) is 23.8. The highest BCUT2D eigenvalue weighted by atomic mass is 32.2. The van der Waals surface area contributed by atoms with Crippen LogP contribution in [0.3, 0.4) is 0 Å². The van der Waals surface area contributed by atoms with E-state index in [2.05, 4.69) is 28.2 Å². The minimum atomic E-state index is -3.85. The van der Waals surface area contributed by atoms with E-state index in [0.29, 0.717) is 16.8 Å². The van der Waals surface area contributed by atoms with Crippen LogP contribution >= 0.6 is 0 Å². The predicted octanol–water partition coefficient (Wildman–Crippen LogP) is 5.39. The maximum Gasteiger partial charge on any atom is 0.262 e. The number of carbonyl (C=O) groups excluding carboxylic acids is 1. The zero-order valence-corrected chi connectivity index (χ0v) is 20.3. The van der Waals surface area contributed by atoms with Crippen LogP contribution in [0.5, 0.6) is 0 Å². The summed E-state index contributed by atoms with van der Waals surface area (Å²) in [6.07, 6.45) is 3.38. The van der Waals surface area contributed by atoms with Crippen LogP contribution in [0.2, 0.25) is 0 Å². The molecule has 1 amide bonds. The topological polar surface area (TPSA) is 75.3 Å². The van der Waals surface area contributed by atoms with Crippen molar-refractivity contribution in [3.63, 3.8) is 0 Å². The smallest absolute Gasteiger partial charge is 0.262 e. The van der Waals surface area contributed by atoms with Crippen LogP contribution in [0.25, 0.3) is 0 Å². The van der Waals surface area contributed by atoms with Crippen molar-refractivity contribution in [2.24, 2.45) is 0 Å². The van der Waals surface area contributed by atoms with Crippen LogP contribution in [-0.2, 0) is 22.9 Å². The molecule has 2 N–H and O–H groups in total. The van der Waals surface area contributed by atoms with Crippen molar-refractivity contribution >= 4 is 21.6 Å². The Bertz CT molecular complexity index is 1330. The second kappa shape index (κ2) is 9.02. The largest absolute Gasteiger partial charge is 0.346 e. The summed E-state index contributed by atoms with van der Waals surface area (Å²) in [6.45, 7) is 7.58. The minimum absolute atomic E-state index is 0.0959. The van der Waals surface area contributed by atoms with Gasteiger partial charge in [-0.15, -0.1) is 0 Å². The normalized spacial score (nSPS) is 13.9. The van der Waals surface area contributed by atoms with E-state index in [1.165, 1.54) is 23.6 Å². The number of amides is 1. The van der Waals surface area contributed by atoms with Gasteiger partial charge in [-0.25, -0.2) is 8.42 Å². The maximum absolute atomic E-state index is 13.1. The van der Waals surface area contributed by atoms with Gasteiger partial charge in [-0.1, -0.05) is 30.3 Å². The number of rotatable bonds is 6. The van der Waals surface area contributed by atoms with Crippen molar-refractivity contribution in [2.45, 2.75) is 57.9 Å². The average Bonchev–Trinajstić information content (AvgIpc) is 3.24. The number of hydrogen-bond acceptors (Lipinski definition) is 3. The van der Waals surface area contributed by atoms with Gasteiger partial charge in [0.1, 0.15) is 0 Å². The first-order valence-corrected chi connectivity index (χ1v) is 12.8. The molecule has 0 aliphatic heterocycles. The summed E-state index contributed by atoms with van der Waals surface area (Å²) >= 11 is 0. The van der Waals surface area contributed by atoms with Crippen LogP contribution in [0.15, 0.2) is 59.5 Å². The highest BCUT2D eigenvalue weighted by Crippen LogP contribution is 2.26. The van der Waals surface area contributed by atoms with Gasteiger partial charge in [-0.2, -0.15) is 0 Å². The number of hydrogen-bond donors (Lipinski definition) is 2. The number of anilines is 1. The summed E-state index contributed by atoms with van der Waals surface area (Å²) in [5.41, 5.74) is 7.28. The molecule has 0 bridgehead atoms. The van der Waals surface area contributed by atoms with Gasteiger partial charge in [0, 0.05) is 11.3 Å². The number of nitrogens with one attached hydrogen (secondary N) is 2. The SMILES string of the molecule is Cc1ccc(NS(=O)(=O)c2cc(C(=O)N[C@@H](C)c3ccc4c(c3)CCC4)ccc2C)cc1C. The molecule has 1 atom stereocenters. The molecule has 6 heteroatoms. The van der Waals surface area contributed by atoms with Crippen molar-refractivity contribution in [1.82, 2.24) is 5.32 Å². The lowest BCUT2D eigenvalue weighted by Crippen LogP contribution is -2.27. The number of aryl methyl sites for hydroxylation is 5. The second-order valence-electron chi connectivity index (χ2n) is 8.96. The van der Waals surface area contributed by atoms with Crippen LogP contribution in [0.1, 0.15) is 63.1 Å². The lowest BCUT2D eigenvalue weighted by Gasteiger charge is -2.17. The summed E-state index contributed by atoms with van der Waals surface area (Å²) in [7, 11) is -3.85. The van der Waals surface area contributed by atoms with Crippen molar-refractivity contribution in [2.75, 3.05) is 4.72 Å². The fraction of sp³-hybridized carbons (Fsp3) is 0.296. The highest BCUT2D eigenvalue weighted by molar-refractivity contribution is 7.92. The van der Waals surface area contributed by atoms with Crippen molar-refractivity contribution < 1.29 is 13.2 Å². The molecule has 33 heavy (non-hydrogen) atoms. The van der Waals surface area contributed by atoms with Crippen LogP contribution < -0.4 is 10.0 Å². The number of fused-ring (bicyclic) bond motifs is 1. The molecule has 0 saturated carbocycles. The third-order valence-corrected chi connectivity index (χ3v) is 7.99. The first kappa shape index (κ1) is 23.1. The molecule has 3 aromatic rings. The predicted molar refractivity (Wildman–Crippen MR) is 132 cm³/mol. The summed E-state index contributed by atoms with van der Waals surface area (Å²) in [4.78, 5) is 13.1. The molecule has 0 radical (unpaired) electrons. The van der Waals surface area contributed by atoms with Gasteiger partial charge >= 0.3 is 0 Å². The molecule has 0 aromatic heterocycles. The second-order valence-corrected chi connectivity index (χ2v) is 10.6. The van der Waals surface area contributed by atoms with Crippen LogP contribution in [-0.4, -0.2) is 14.3 Å². The fourth-order valence-electron chi connectivity index (χ4n) is 4.27. The van der Waals surface area contributed by atoms with Gasteiger partial charge in [-0.3, -0.25) is 9.52 Å². The Morgan fingerprint density at radius 2 is 1.58 bits per heavy atom. The standard InChI is InChI=1S/C27H30N2O3S/c1-17-9-13-25(14-19(17)3)29-33(31,32)26-16-24(10-8-18(26)2)27(30)28-20(4)22-12-11-21-6-5-7-23(21)15-22/h8-16,20,29H,5-7H2,1-4H3,(H,28,30)/t20-/m0/s1. The summed E-state index contributed by atoms with van der Waals surface area (Å²) in [5, 5.41) is 3.01. The molecular formula is C27H30N2O3S. The quantitative estimate of drug-likeness (QED) is 0.516. The Labute approximate surface area is 196 Å². The van der Waals surface area contributed by atoms with Gasteiger partial charge in [0.25, 0.3) is 15.9 Å². The lowest BCUT2D eigenvalue weighted by atomic mass is 10.0. The fourth-order valence-corrected chi connectivity index (χ4v) is 5.59. The minimum Gasteiger partial charge on any atom is -0.346 e. The van der Waals surface area contributed by atoms with Crippen molar-refractivity contribution in [3.05, 3.63) is 93.5 Å². The van der Waals surface area contributed by atoms with Gasteiger partial charge in [0.05, 0.1) is 10.9 Å². The average molecular weight is 463 g/mol. The first-order chi connectivity index (χ1) is 15.6. The Morgan fingerprint density at radius 1 is 0.848 bits per heavy atom. The Kier molecular flexibility index (Phi) is 6.30. The van der Waals surface area contributed by atoms with Gasteiger partial charge in [0.15, 0.2) is 0 Å². The molecule has 1 aliphatic carbocycles. The first-order valence-electron chi connectivity index (χ1n) is 11.3.